The predicted molar refractivity (Wildman–Crippen MR) is 85.6 cm³/mol. The zero-order chi connectivity index (χ0) is 15.9. The molecule has 0 saturated heterocycles. The number of nitrogens with two attached hydrogens (primary N) is 1. The van der Waals surface area contributed by atoms with Gasteiger partial charge in [-0.25, -0.2) is 4.39 Å². The van der Waals surface area contributed by atoms with Crippen LogP contribution in [-0.4, -0.2) is 12.5 Å². The normalized spacial score (nSPS) is 13.4. The van der Waals surface area contributed by atoms with Crippen LogP contribution in [0.1, 0.15) is 24.1 Å². The Kier molecular flexibility index (Phi) is 5.67. The van der Waals surface area contributed by atoms with Gasteiger partial charge in [0, 0.05) is 12.6 Å². The van der Waals surface area contributed by atoms with E-state index in [1.54, 1.807) is 12.1 Å². The number of hydrogen-bond acceptors (Lipinski definition) is 2. The maximum absolute atomic E-state index is 12.8. The van der Waals surface area contributed by atoms with Gasteiger partial charge in [-0.15, -0.1) is 0 Å². The van der Waals surface area contributed by atoms with Crippen LogP contribution in [0.25, 0.3) is 0 Å². The topological polar surface area (TPSA) is 55.1 Å². The first kappa shape index (κ1) is 16.2. The molecule has 0 aliphatic rings. The summed E-state index contributed by atoms with van der Waals surface area (Å²) in [6.45, 7) is 2.33. The van der Waals surface area contributed by atoms with E-state index in [-0.39, 0.29) is 23.7 Å². The van der Waals surface area contributed by atoms with Crippen molar-refractivity contribution in [2.45, 2.75) is 19.4 Å². The fourth-order valence-corrected chi connectivity index (χ4v) is 2.27. The smallest absolute Gasteiger partial charge is 0.224 e. The second kappa shape index (κ2) is 7.71. The quantitative estimate of drug-likeness (QED) is 0.862. The van der Waals surface area contributed by atoms with Gasteiger partial charge in [-0.3, -0.25) is 4.79 Å². The van der Waals surface area contributed by atoms with E-state index in [2.05, 4.69) is 5.32 Å². The summed E-state index contributed by atoms with van der Waals surface area (Å²) in [5.41, 5.74) is 8.07. The molecule has 2 aromatic rings. The Hall–Kier alpha value is -2.20. The summed E-state index contributed by atoms with van der Waals surface area (Å²) in [5, 5.41) is 2.88. The SMILES string of the molecule is CC(C(=O)NCCc1ccc(F)cc1)C(N)c1ccccc1. The van der Waals surface area contributed by atoms with E-state index in [1.807, 2.05) is 37.3 Å². The third kappa shape index (κ3) is 4.40. The van der Waals surface area contributed by atoms with E-state index < -0.39 is 0 Å². The van der Waals surface area contributed by atoms with Gasteiger partial charge in [-0.1, -0.05) is 49.4 Å². The first-order valence-corrected chi connectivity index (χ1v) is 7.40. The van der Waals surface area contributed by atoms with Gasteiger partial charge >= 0.3 is 0 Å². The molecule has 0 spiro atoms. The second-order valence-corrected chi connectivity index (χ2v) is 5.39. The molecular formula is C18H21FN2O. The molecule has 1 amide bonds. The van der Waals surface area contributed by atoms with Crippen LogP contribution in [0.3, 0.4) is 0 Å². The third-order valence-corrected chi connectivity index (χ3v) is 3.76. The number of carbonyl (C=O) groups excluding carboxylic acids is 1. The molecule has 0 saturated carbocycles. The molecule has 0 bridgehead atoms. The van der Waals surface area contributed by atoms with Crippen molar-refractivity contribution in [2.24, 2.45) is 11.7 Å². The number of benzene rings is 2. The first-order valence-electron chi connectivity index (χ1n) is 7.40. The molecule has 0 aliphatic heterocycles. The summed E-state index contributed by atoms with van der Waals surface area (Å²) < 4.78 is 12.8. The Morgan fingerprint density at radius 2 is 1.77 bits per heavy atom. The molecule has 2 unspecified atom stereocenters. The highest BCUT2D eigenvalue weighted by molar-refractivity contribution is 5.79. The van der Waals surface area contributed by atoms with Crippen LogP contribution < -0.4 is 11.1 Å². The van der Waals surface area contributed by atoms with Crippen LogP contribution in [0.2, 0.25) is 0 Å². The minimum Gasteiger partial charge on any atom is -0.355 e. The summed E-state index contributed by atoms with van der Waals surface area (Å²) >= 11 is 0. The fraction of sp³-hybridized carbons (Fsp3) is 0.278. The fourth-order valence-electron chi connectivity index (χ4n) is 2.27. The highest BCUT2D eigenvalue weighted by Crippen LogP contribution is 2.18. The summed E-state index contributed by atoms with van der Waals surface area (Å²) in [7, 11) is 0. The molecule has 22 heavy (non-hydrogen) atoms. The summed E-state index contributed by atoms with van der Waals surface area (Å²) in [6.07, 6.45) is 0.666. The Balaban J connectivity index is 1.82. The van der Waals surface area contributed by atoms with Gasteiger partial charge in [-0.2, -0.15) is 0 Å². The molecule has 0 radical (unpaired) electrons. The number of amides is 1. The Morgan fingerprint density at radius 1 is 1.14 bits per heavy atom. The molecule has 3 N–H and O–H groups in total. The zero-order valence-corrected chi connectivity index (χ0v) is 12.6. The van der Waals surface area contributed by atoms with Crippen molar-refractivity contribution in [3.8, 4) is 0 Å². The van der Waals surface area contributed by atoms with E-state index in [1.165, 1.54) is 12.1 Å². The first-order chi connectivity index (χ1) is 10.6. The number of carbonyl (C=O) groups is 1. The van der Waals surface area contributed by atoms with Gasteiger partial charge in [0.2, 0.25) is 5.91 Å². The Morgan fingerprint density at radius 3 is 2.41 bits per heavy atom. The molecule has 0 aliphatic carbocycles. The third-order valence-electron chi connectivity index (χ3n) is 3.76. The molecule has 0 fully saturated rings. The van der Waals surface area contributed by atoms with Crippen molar-refractivity contribution in [2.75, 3.05) is 6.54 Å². The van der Waals surface area contributed by atoms with Gasteiger partial charge in [0.1, 0.15) is 5.82 Å². The van der Waals surface area contributed by atoms with Crippen LogP contribution in [-0.2, 0) is 11.2 Å². The molecule has 2 rings (SSSR count). The lowest BCUT2D eigenvalue weighted by molar-refractivity contribution is -0.125. The van der Waals surface area contributed by atoms with Crippen molar-refractivity contribution in [1.82, 2.24) is 5.32 Å². The van der Waals surface area contributed by atoms with Crippen LogP contribution in [0.5, 0.6) is 0 Å². The standard InChI is InChI=1S/C18H21FN2O/c1-13(17(20)15-5-3-2-4-6-15)18(22)21-12-11-14-7-9-16(19)10-8-14/h2-10,13,17H,11-12,20H2,1H3,(H,21,22). The summed E-state index contributed by atoms with van der Waals surface area (Å²) in [6, 6.07) is 15.6. The van der Waals surface area contributed by atoms with E-state index in [0.29, 0.717) is 13.0 Å². The lowest BCUT2D eigenvalue weighted by atomic mass is 9.94. The Bertz CT molecular complexity index is 598. The van der Waals surface area contributed by atoms with Crippen molar-refractivity contribution in [3.63, 3.8) is 0 Å². The van der Waals surface area contributed by atoms with Gasteiger partial charge in [0.15, 0.2) is 0 Å². The number of hydrogen-bond donors (Lipinski definition) is 2. The molecular weight excluding hydrogens is 279 g/mol. The van der Waals surface area contributed by atoms with Crippen LogP contribution in [0, 0.1) is 11.7 Å². The van der Waals surface area contributed by atoms with Crippen molar-refractivity contribution < 1.29 is 9.18 Å². The molecule has 2 atom stereocenters. The van der Waals surface area contributed by atoms with Crippen molar-refractivity contribution >= 4 is 5.91 Å². The maximum atomic E-state index is 12.8. The predicted octanol–water partition coefficient (Wildman–Crippen LogP) is 2.82. The Labute approximate surface area is 130 Å². The molecule has 0 aromatic heterocycles. The number of halogens is 1. The van der Waals surface area contributed by atoms with E-state index in [9.17, 15) is 9.18 Å². The van der Waals surface area contributed by atoms with Gasteiger partial charge < -0.3 is 11.1 Å². The lowest BCUT2D eigenvalue weighted by Gasteiger charge is -2.19. The summed E-state index contributed by atoms with van der Waals surface area (Å²) in [5.74, 6) is -0.635. The van der Waals surface area contributed by atoms with Crippen LogP contribution in [0.4, 0.5) is 4.39 Å². The highest BCUT2D eigenvalue weighted by atomic mass is 19.1. The molecule has 4 heteroatoms. The average molecular weight is 300 g/mol. The van der Waals surface area contributed by atoms with Gasteiger partial charge in [0.25, 0.3) is 0 Å². The van der Waals surface area contributed by atoms with E-state index >= 15 is 0 Å². The van der Waals surface area contributed by atoms with Gasteiger partial charge in [0.05, 0.1) is 5.92 Å². The molecule has 116 valence electrons. The van der Waals surface area contributed by atoms with Crippen LogP contribution in [0.15, 0.2) is 54.6 Å². The molecule has 0 heterocycles. The number of rotatable bonds is 6. The molecule has 3 nitrogen and oxygen atoms in total. The largest absolute Gasteiger partial charge is 0.355 e. The van der Waals surface area contributed by atoms with Crippen molar-refractivity contribution in [3.05, 3.63) is 71.5 Å². The maximum Gasteiger partial charge on any atom is 0.224 e. The summed E-state index contributed by atoms with van der Waals surface area (Å²) in [4.78, 5) is 12.2. The zero-order valence-electron chi connectivity index (χ0n) is 12.6. The number of nitrogens with one attached hydrogen (secondary N) is 1. The minimum atomic E-state index is -0.327. The lowest BCUT2D eigenvalue weighted by Crippen LogP contribution is -2.36. The average Bonchev–Trinajstić information content (AvgIpc) is 2.56. The van der Waals surface area contributed by atoms with E-state index in [0.717, 1.165) is 11.1 Å². The monoisotopic (exact) mass is 300 g/mol. The highest BCUT2D eigenvalue weighted by Gasteiger charge is 2.21. The second-order valence-electron chi connectivity index (χ2n) is 5.39. The minimum absolute atomic E-state index is 0.0709. The van der Waals surface area contributed by atoms with E-state index in [4.69, 9.17) is 5.73 Å². The van der Waals surface area contributed by atoms with Crippen LogP contribution >= 0.6 is 0 Å². The van der Waals surface area contributed by atoms with Gasteiger partial charge in [-0.05, 0) is 29.7 Å². The molecule has 2 aromatic carbocycles. The van der Waals surface area contributed by atoms with Crippen molar-refractivity contribution in [1.29, 1.82) is 0 Å².